The van der Waals surface area contributed by atoms with Gasteiger partial charge < -0.3 is 35.8 Å². The Hall–Kier alpha value is -5.35. The number of aliphatic hydroxyl groups excluding tert-OH is 1. The topological polar surface area (TPSA) is 165 Å². The summed E-state index contributed by atoms with van der Waals surface area (Å²) in [4.78, 5) is 36.7. The lowest BCUT2D eigenvalue weighted by Gasteiger charge is -2.27. The van der Waals surface area contributed by atoms with Crippen LogP contribution in [0.3, 0.4) is 0 Å². The van der Waals surface area contributed by atoms with Crippen molar-refractivity contribution in [3.8, 4) is 17.2 Å². The molecule has 10 heteroatoms. The van der Waals surface area contributed by atoms with Crippen LogP contribution < -0.4 is 15.4 Å². The van der Waals surface area contributed by atoms with E-state index in [-0.39, 0.29) is 34.0 Å². The molecule has 0 aromatic heterocycles. The van der Waals surface area contributed by atoms with Gasteiger partial charge in [-0.25, -0.2) is 4.79 Å². The second-order valence-electron chi connectivity index (χ2n) is 9.68. The fraction of sp³-hybridized carbons (Fsp3) is 0.129. The van der Waals surface area contributed by atoms with E-state index in [1.54, 1.807) is 24.3 Å². The first-order valence-corrected chi connectivity index (χ1v) is 12.5. The number of aromatic carboxylic acids is 1. The van der Waals surface area contributed by atoms with Crippen molar-refractivity contribution >= 4 is 29.2 Å². The van der Waals surface area contributed by atoms with E-state index >= 15 is 0 Å². The number of amides is 2. The molecule has 0 heterocycles. The summed E-state index contributed by atoms with van der Waals surface area (Å²) in [6.45, 7) is 3.33. The van der Waals surface area contributed by atoms with Gasteiger partial charge in [0.15, 0.2) is 6.79 Å². The lowest BCUT2D eigenvalue weighted by atomic mass is 9.77. The molecule has 0 saturated carbocycles. The summed E-state index contributed by atoms with van der Waals surface area (Å²) < 4.78 is 4.97. The standard InChI is InChI=1S/C31H28N2O8/c1-31(2,21-9-13-26(35)24(15-21)32-28(37)18-3-5-20(6-4-18)30(39)40)22-10-14-27(36)25(16-22)33-29(38)19-7-11-23(12-8-19)41-17-34/h3-16,34-36H,17H2,1-2H3,(H,32,37)(H,33,38)(H,39,40). The molecule has 0 unspecified atom stereocenters. The van der Waals surface area contributed by atoms with Crippen molar-refractivity contribution in [1.82, 2.24) is 0 Å². The van der Waals surface area contributed by atoms with Crippen LogP contribution >= 0.6 is 0 Å². The first-order chi connectivity index (χ1) is 19.5. The highest BCUT2D eigenvalue weighted by atomic mass is 16.6. The third kappa shape index (κ3) is 6.45. The summed E-state index contributed by atoms with van der Waals surface area (Å²) in [6.07, 6.45) is 0. The second-order valence-corrected chi connectivity index (χ2v) is 9.68. The number of phenols is 2. The van der Waals surface area contributed by atoms with Crippen LogP contribution in [0.1, 0.15) is 56.0 Å². The minimum atomic E-state index is -1.11. The predicted molar refractivity (Wildman–Crippen MR) is 152 cm³/mol. The van der Waals surface area contributed by atoms with E-state index < -0.39 is 30.0 Å². The van der Waals surface area contributed by atoms with Crippen LogP contribution in [0.5, 0.6) is 17.2 Å². The summed E-state index contributed by atoms with van der Waals surface area (Å²) in [7, 11) is 0. The van der Waals surface area contributed by atoms with Crippen LogP contribution in [0.2, 0.25) is 0 Å². The predicted octanol–water partition coefficient (Wildman–Crippen LogP) is 4.96. The monoisotopic (exact) mass is 556 g/mol. The third-order valence-corrected chi connectivity index (χ3v) is 6.67. The fourth-order valence-corrected chi connectivity index (χ4v) is 4.15. The van der Waals surface area contributed by atoms with E-state index in [2.05, 4.69) is 10.6 Å². The quantitative estimate of drug-likeness (QED) is 0.124. The highest BCUT2D eigenvalue weighted by Crippen LogP contribution is 2.38. The highest BCUT2D eigenvalue weighted by Gasteiger charge is 2.26. The van der Waals surface area contributed by atoms with Crippen molar-refractivity contribution in [2.75, 3.05) is 17.4 Å². The van der Waals surface area contributed by atoms with Crippen LogP contribution in [-0.4, -0.2) is 45.0 Å². The number of rotatable bonds is 9. The minimum absolute atomic E-state index is 0.0446. The first kappa shape index (κ1) is 28.7. The van der Waals surface area contributed by atoms with E-state index in [0.717, 1.165) is 5.56 Å². The summed E-state index contributed by atoms with van der Waals surface area (Å²) >= 11 is 0. The van der Waals surface area contributed by atoms with Gasteiger partial charge in [0.05, 0.1) is 16.9 Å². The van der Waals surface area contributed by atoms with E-state index in [1.807, 2.05) is 13.8 Å². The number of carbonyl (C=O) groups is 3. The van der Waals surface area contributed by atoms with Crippen LogP contribution in [0.25, 0.3) is 0 Å². The zero-order valence-corrected chi connectivity index (χ0v) is 22.2. The highest BCUT2D eigenvalue weighted by molar-refractivity contribution is 6.06. The van der Waals surface area contributed by atoms with Gasteiger partial charge in [-0.3, -0.25) is 9.59 Å². The van der Waals surface area contributed by atoms with Gasteiger partial charge in [0.1, 0.15) is 17.2 Å². The van der Waals surface area contributed by atoms with E-state index in [4.69, 9.17) is 14.9 Å². The average Bonchev–Trinajstić information content (AvgIpc) is 2.95. The summed E-state index contributed by atoms with van der Waals surface area (Å²) in [5.41, 5.74) is 1.66. The second kappa shape index (κ2) is 11.8. The maximum Gasteiger partial charge on any atom is 0.335 e. The van der Waals surface area contributed by atoms with Crippen LogP contribution in [0.4, 0.5) is 11.4 Å². The van der Waals surface area contributed by atoms with E-state index in [0.29, 0.717) is 16.9 Å². The molecule has 0 saturated heterocycles. The number of anilines is 2. The Morgan fingerprint density at radius 1 is 0.683 bits per heavy atom. The number of hydrogen-bond acceptors (Lipinski definition) is 7. The molecule has 0 spiro atoms. The van der Waals surface area contributed by atoms with Crippen LogP contribution in [0, 0.1) is 0 Å². The van der Waals surface area contributed by atoms with Gasteiger partial charge in [0, 0.05) is 16.5 Å². The molecule has 2 amide bonds. The van der Waals surface area contributed by atoms with Crippen molar-refractivity contribution in [2.24, 2.45) is 0 Å². The van der Waals surface area contributed by atoms with Gasteiger partial charge in [0.2, 0.25) is 0 Å². The molecule has 0 bridgehead atoms. The molecule has 4 aromatic rings. The van der Waals surface area contributed by atoms with Gasteiger partial charge in [0.25, 0.3) is 11.8 Å². The number of nitrogens with one attached hydrogen (secondary N) is 2. The molecule has 0 atom stereocenters. The molecule has 0 aliphatic heterocycles. The van der Waals surface area contributed by atoms with Crippen molar-refractivity contribution in [3.63, 3.8) is 0 Å². The SMILES string of the molecule is CC(C)(c1ccc(O)c(NC(=O)c2ccc(OCO)cc2)c1)c1ccc(O)c(NC(=O)c2ccc(C(=O)O)cc2)c1. The van der Waals surface area contributed by atoms with Crippen LogP contribution in [-0.2, 0) is 5.41 Å². The maximum absolute atomic E-state index is 12.8. The minimum Gasteiger partial charge on any atom is -0.506 e. The number of carboxylic acid groups (broad SMARTS) is 1. The number of carbonyl (C=O) groups excluding carboxylic acids is 2. The number of phenolic OH excluding ortho intramolecular Hbond substituents is 2. The number of aromatic hydroxyl groups is 2. The van der Waals surface area contributed by atoms with Crippen molar-refractivity contribution in [1.29, 1.82) is 0 Å². The Kier molecular flexibility index (Phi) is 8.25. The molecule has 4 rings (SSSR count). The summed E-state index contributed by atoms with van der Waals surface area (Å²) in [5, 5.41) is 44.2. The van der Waals surface area contributed by atoms with E-state index in [1.165, 1.54) is 60.7 Å². The molecule has 6 N–H and O–H groups in total. The zero-order valence-electron chi connectivity index (χ0n) is 22.2. The Morgan fingerprint density at radius 3 is 1.51 bits per heavy atom. The lowest BCUT2D eigenvalue weighted by Crippen LogP contribution is -2.20. The zero-order chi connectivity index (χ0) is 29.7. The average molecular weight is 557 g/mol. The maximum atomic E-state index is 12.8. The largest absolute Gasteiger partial charge is 0.506 e. The van der Waals surface area contributed by atoms with E-state index in [9.17, 15) is 24.6 Å². The Morgan fingerprint density at radius 2 is 1.10 bits per heavy atom. The molecular formula is C31H28N2O8. The fourth-order valence-electron chi connectivity index (χ4n) is 4.15. The van der Waals surface area contributed by atoms with Crippen molar-refractivity contribution in [2.45, 2.75) is 19.3 Å². The van der Waals surface area contributed by atoms with Gasteiger partial charge in [-0.15, -0.1) is 0 Å². The number of benzene rings is 4. The molecule has 0 aliphatic rings. The molecule has 0 radical (unpaired) electrons. The number of aliphatic hydroxyl groups is 1. The molecule has 4 aromatic carbocycles. The number of carboxylic acids is 1. The van der Waals surface area contributed by atoms with Crippen LogP contribution in [0.15, 0.2) is 84.9 Å². The van der Waals surface area contributed by atoms with Crippen molar-refractivity contribution in [3.05, 3.63) is 113 Å². The molecule has 0 fully saturated rings. The summed E-state index contributed by atoms with van der Waals surface area (Å²) in [6, 6.07) is 21.1. The van der Waals surface area contributed by atoms with Crippen molar-refractivity contribution < 1.29 is 39.5 Å². The summed E-state index contributed by atoms with van der Waals surface area (Å²) in [5.74, 6) is -1.99. The Bertz CT molecular complexity index is 1600. The molecule has 0 aliphatic carbocycles. The van der Waals surface area contributed by atoms with Gasteiger partial charge in [-0.2, -0.15) is 0 Å². The first-order valence-electron chi connectivity index (χ1n) is 12.5. The molecular weight excluding hydrogens is 528 g/mol. The molecule has 41 heavy (non-hydrogen) atoms. The molecule has 210 valence electrons. The lowest BCUT2D eigenvalue weighted by molar-refractivity contribution is 0.0696. The van der Waals surface area contributed by atoms with Gasteiger partial charge in [-0.1, -0.05) is 26.0 Å². The number of ether oxygens (including phenoxy) is 1. The third-order valence-electron chi connectivity index (χ3n) is 6.67. The van der Waals surface area contributed by atoms with Gasteiger partial charge in [-0.05, 0) is 83.9 Å². The van der Waals surface area contributed by atoms with Gasteiger partial charge >= 0.3 is 5.97 Å². The molecule has 10 nitrogen and oxygen atoms in total. The Labute approximate surface area is 235 Å². The number of hydrogen-bond donors (Lipinski definition) is 6. The Balaban J connectivity index is 1.56. The normalized spacial score (nSPS) is 11.0. The smallest absolute Gasteiger partial charge is 0.335 e.